The Bertz CT molecular complexity index is 1280. The van der Waals surface area contributed by atoms with E-state index in [9.17, 15) is 0 Å². The maximum absolute atomic E-state index is 7.34. The van der Waals surface area contributed by atoms with Crippen LogP contribution >= 0.6 is 0 Å². The fraction of sp³-hybridized carbons (Fsp3) is 0. The van der Waals surface area contributed by atoms with E-state index in [1.807, 2.05) is 103 Å². The molecule has 0 amide bonds. The zero-order chi connectivity index (χ0) is 24.2. The zero-order valence-electron chi connectivity index (χ0n) is 19.2. The van der Waals surface area contributed by atoms with Crippen LogP contribution in [0.25, 0.3) is 0 Å². The Kier molecular flexibility index (Phi) is 6.15. The summed E-state index contributed by atoms with van der Waals surface area (Å²) in [5.41, 5.74) is 14.0. The third kappa shape index (κ3) is 3.90. The van der Waals surface area contributed by atoms with Crippen LogP contribution in [0.4, 0.5) is 11.4 Å². The quantitative estimate of drug-likeness (QED) is 0.225. The first-order valence-electron chi connectivity index (χ1n) is 11.4. The van der Waals surface area contributed by atoms with E-state index in [-0.39, 0.29) is 0 Å². The van der Waals surface area contributed by atoms with Gasteiger partial charge in [0.1, 0.15) is 0 Å². The summed E-state index contributed by atoms with van der Waals surface area (Å²) in [7, 11) is 0. The Morgan fingerprint density at radius 3 is 0.971 bits per heavy atom. The van der Waals surface area contributed by atoms with Gasteiger partial charge in [-0.05, 0) is 0 Å². The van der Waals surface area contributed by atoms with Crippen molar-refractivity contribution in [3.05, 3.63) is 140 Å². The summed E-state index contributed by atoms with van der Waals surface area (Å²) in [6.45, 7) is 0. The van der Waals surface area contributed by atoms with Gasteiger partial charge in [-0.25, -0.2) is 0 Å². The van der Waals surface area contributed by atoms with E-state index in [0.29, 0.717) is 22.9 Å². The number of anilines is 2. The third-order valence-corrected chi connectivity index (χ3v) is 19.8. The second kappa shape index (κ2) is 9.40. The summed E-state index contributed by atoms with van der Waals surface area (Å²) in [5, 5.41) is 0. The first-order valence-corrected chi connectivity index (χ1v) is 17.3. The molecule has 0 aliphatic carbocycles. The number of nitrogen functional groups attached to an aromatic ring is 2. The number of hydrogen-bond donors (Lipinski definition) is 2. The molecule has 0 fully saturated rings. The third-order valence-electron chi connectivity index (χ3n) is 6.06. The van der Waals surface area contributed by atoms with Crippen LogP contribution in [0, 0.1) is 0 Å². The minimum absolute atomic E-state index is 0.540. The van der Waals surface area contributed by atoms with Crippen LogP contribution in [0.1, 0.15) is 0 Å². The van der Waals surface area contributed by atoms with E-state index in [1.54, 1.807) is 0 Å². The van der Waals surface area contributed by atoms with Gasteiger partial charge < -0.3 is 0 Å². The molecule has 0 atom stereocenters. The molecule has 5 aromatic carbocycles. The standard InChI is InChI=1S/2C6H7NO.3C6H5.Sb/c2*7-5-3-1-2-4-6(5)8;3*1-2-4-6-5-3-1;/h2*1-4,8H,7H2;3*1-5H;/q;;;;;+2/p-2. The first-order chi connectivity index (χ1) is 17.1. The Morgan fingerprint density at radius 2 is 0.657 bits per heavy atom. The molecule has 0 bridgehead atoms. The van der Waals surface area contributed by atoms with Gasteiger partial charge in [0.25, 0.3) is 0 Å². The minimum atomic E-state index is -5.40. The van der Waals surface area contributed by atoms with Crippen LogP contribution in [-0.2, 0) is 0 Å². The Morgan fingerprint density at radius 1 is 0.371 bits per heavy atom. The molecule has 0 spiro atoms. The number of rotatable bonds is 7. The van der Waals surface area contributed by atoms with Gasteiger partial charge in [0.05, 0.1) is 0 Å². The molecular formula is C30H27N2O2Sb. The molecule has 4 N–H and O–H groups in total. The van der Waals surface area contributed by atoms with Crippen molar-refractivity contribution in [2.45, 2.75) is 0 Å². The molecule has 5 rings (SSSR count). The van der Waals surface area contributed by atoms with Gasteiger partial charge in [0, 0.05) is 0 Å². The Labute approximate surface area is 207 Å². The maximum atomic E-state index is 7.34. The molecule has 0 aliphatic rings. The topological polar surface area (TPSA) is 70.5 Å². The van der Waals surface area contributed by atoms with Crippen LogP contribution in [0.15, 0.2) is 140 Å². The Balaban J connectivity index is 1.98. The van der Waals surface area contributed by atoms with Gasteiger partial charge in [-0.2, -0.15) is 0 Å². The molecule has 0 aromatic heterocycles. The summed E-state index contributed by atoms with van der Waals surface area (Å²) in [6, 6.07) is 45.7. The predicted octanol–water partition coefficient (Wildman–Crippen LogP) is 4.43. The second-order valence-corrected chi connectivity index (χ2v) is 19.2. The van der Waals surface area contributed by atoms with Crippen LogP contribution in [0.5, 0.6) is 11.5 Å². The van der Waals surface area contributed by atoms with E-state index >= 15 is 0 Å². The van der Waals surface area contributed by atoms with Gasteiger partial charge in [-0.3, -0.25) is 0 Å². The summed E-state index contributed by atoms with van der Waals surface area (Å²) in [6.07, 6.45) is 0. The van der Waals surface area contributed by atoms with E-state index < -0.39 is 18.2 Å². The molecule has 5 aromatic rings. The van der Waals surface area contributed by atoms with E-state index in [0.717, 1.165) is 10.5 Å². The zero-order valence-corrected chi connectivity index (χ0v) is 21.8. The van der Waals surface area contributed by atoms with E-state index in [4.69, 9.17) is 17.5 Å². The monoisotopic (exact) mass is 568 g/mol. The number of para-hydroxylation sites is 4. The van der Waals surface area contributed by atoms with Crippen molar-refractivity contribution < 1.29 is 6.03 Å². The molecule has 4 nitrogen and oxygen atoms in total. The van der Waals surface area contributed by atoms with Gasteiger partial charge in [0.15, 0.2) is 0 Å². The van der Waals surface area contributed by atoms with Crippen molar-refractivity contribution in [1.29, 1.82) is 0 Å². The summed E-state index contributed by atoms with van der Waals surface area (Å²) in [4.78, 5) is 0. The molecule has 0 aliphatic heterocycles. The van der Waals surface area contributed by atoms with Crippen molar-refractivity contribution >= 4 is 40.1 Å². The molecule has 0 unspecified atom stereocenters. The van der Waals surface area contributed by atoms with Crippen molar-refractivity contribution in [2.24, 2.45) is 0 Å². The fourth-order valence-electron chi connectivity index (χ4n) is 4.38. The van der Waals surface area contributed by atoms with Crippen LogP contribution < -0.4 is 28.0 Å². The first kappa shape index (κ1) is 22.9. The Hall–Kier alpha value is -3.88. The SMILES string of the molecule is Nc1ccccc1[O][Sb]([O]c1ccccc1N)([c]1ccccc1)([c]1ccccc1)[c]1ccccc1. The van der Waals surface area contributed by atoms with Crippen molar-refractivity contribution in [3.8, 4) is 11.5 Å². The number of hydrogen-bond acceptors (Lipinski definition) is 4. The molecule has 35 heavy (non-hydrogen) atoms. The molecule has 0 saturated heterocycles. The van der Waals surface area contributed by atoms with E-state index in [2.05, 4.69) is 36.4 Å². The molecular weight excluding hydrogens is 542 g/mol. The van der Waals surface area contributed by atoms with Crippen LogP contribution in [-0.4, -0.2) is 18.2 Å². The van der Waals surface area contributed by atoms with E-state index in [1.165, 1.54) is 0 Å². The predicted molar refractivity (Wildman–Crippen MR) is 147 cm³/mol. The van der Waals surface area contributed by atoms with Gasteiger partial charge in [0.2, 0.25) is 0 Å². The normalized spacial score (nSPS) is 12.3. The molecule has 5 heteroatoms. The fourth-order valence-corrected chi connectivity index (χ4v) is 18.0. The molecule has 0 heterocycles. The van der Waals surface area contributed by atoms with Gasteiger partial charge in [-0.1, -0.05) is 0 Å². The summed E-state index contributed by atoms with van der Waals surface area (Å²) >= 11 is -5.40. The van der Waals surface area contributed by atoms with Crippen molar-refractivity contribution in [3.63, 3.8) is 0 Å². The number of nitrogens with two attached hydrogens (primary N) is 2. The van der Waals surface area contributed by atoms with Crippen LogP contribution in [0.3, 0.4) is 0 Å². The molecule has 0 saturated carbocycles. The summed E-state index contributed by atoms with van der Waals surface area (Å²) in [5.74, 6) is 1.14. The van der Waals surface area contributed by atoms with Crippen molar-refractivity contribution in [1.82, 2.24) is 0 Å². The van der Waals surface area contributed by atoms with Gasteiger partial charge in [-0.15, -0.1) is 0 Å². The van der Waals surface area contributed by atoms with Crippen LogP contribution in [0.2, 0.25) is 0 Å². The average Bonchev–Trinajstić information content (AvgIpc) is 2.92. The van der Waals surface area contributed by atoms with Crippen molar-refractivity contribution in [2.75, 3.05) is 11.5 Å². The molecule has 174 valence electrons. The average molecular weight is 569 g/mol. The van der Waals surface area contributed by atoms with Gasteiger partial charge >= 0.3 is 209 Å². The summed E-state index contributed by atoms with van der Waals surface area (Å²) < 4.78 is 17.6. The second-order valence-electron chi connectivity index (χ2n) is 8.22. The number of benzene rings is 5. The molecule has 0 radical (unpaired) electrons.